The molecule has 1 aliphatic heterocycles. The third-order valence-corrected chi connectivity index (χ3v) is 3.48. The highest BCUT2D eigenvalue weighted by molar-refractivity contribution is 7.99. The van der Waals surface area contributed by atoms with E-state index in [1.807, 2.05) is 11.8 Å². The van der Waals surface area contributed by atoms with Gasteiger partial charge in [-0.1, -0.05) is 0 Å². The Kier molecular flexibility index (Phi) is 5.29. The number of carbonyl (C=O) groups excluding carboxylic acids is 1. The van der Waals surface area contributed by atoms with E-state index in [1.165, 1.54) is 0 Å². The summed E-state index contributed by atoms with van der Waals surface area (Å²) in [5.41, 5.74) is 5.68. The smallest absolute Gasteiger partial charge is 0.221 e. The first kappa shape index (κ1) is 11.8. The molecule has 1 aliphatic rings. The van der Waals surface area contributed by atoms with Gasteiger partial charge in [0.15, 0.2) is 0 Å². The van der Waals surface area contributed by atoms with Crippen molar-refractivity contribution in [3.63, 3.8) is 0 Å². The van der Waals surface area contributed by atoms with Gasteiger partial charge < -0.3 is 11.1 Å². The number of nitrogens with two attached hydrogens (primary N) is 1. The Morgan fingerprint density at radius 1 is 1.57 bits per heavy atom. The molecule has 1 fully saturated rings. The Morgan fingerprint density at radius 2 is 2.21 bits per heavy atom. The van der Waals surface area contributed by atoms with Crippen LogP contribution in [0.3, 0.4) is 0 Å². The van der Waals surface area contributed by atoms with Crippen molar-refractivity contribution in [2.45, 2.75) is 12.5 Å². The molecule has 14 heavy (non-hydrogen) atoms. The quantitative estimate of drug-likeness (QED) is 0.666. The van der Waals surface area contributed by atoms with Crippen LogP contribution < -0.4 is 11.1 Å². The first-order chi connectivity index (χ1) is 6.77. The summed E-state index contributed by atoms with van der Waals surface area (Å²) < 4.78 is 0. The minimum Gasteiger partial charge on any atom is -0.359 e. The van der Waals surface area contributed by atoms with Gasteiger partial charge in [0.25, 0.3) is 0 Å². The van der Waals surface area contributed by atoms with Gasteiger partial charge in [-0.05, 0) is 0 Å². The van der Waals surface area contributed by atoms with Crippen LogP contribution in [0.1, 0.15) is 6.42 Å². The minimum absolute atomic E-state index is 0.0821. The summed E-state index contributed by atoms with van der Waals surface area (Å²) in [4.78, 5) is 13.6. The first-order valence-corrected chi connectivity index (χ1v) is 6.16. The van der Waals surface area contributed by atoms with Crippen LogP contribution in [0.2, 0.25) is 0 Å². The predicted octanol–water partition coefficient (Wildman–Crippen LogP) is -0.501. The molecular formula is C9H19N3OS. The number of hydrogen-bond donors (Lipinski definition) is 2. The number of rotatable bonds is 4. The molecule has 1 atom stereocenters. The van der Waals surface area contributed by atoms with Crippen molar-refractivity contribution in [3.05, 3.63) is 0 Å². The number of thioether (sulfide) groups is 1. The second-order valence-electron chi connectivity index (χ2n) is 3.42. The molecule has 0 saturated carbocycles. The van der Waals surface area contributed by atoms with E-state index in [4.69, 9.17) is 5.73 Å². The zero-order chi connectivity index (χ0) is 10.4. The topological polar surface area (TPSA) is 58.4 Å². The Hall–Kier alpha value is -0.260. The normalized spacial score (nSPS) is 20.4. The Labute approximate surface area is 89.6 Å². The van der Waals surface area contributed by atoms with E-state index in [1.54, 1.807) is 7.05 Å². The van der Waals surface area contributed by atoms with Crippen molar-refractivity contribution in [2.24, 2.45) is 5.73 Å². The number of nitrogens with one attached hydrogen (secondary N) is 1. The average molecular weight is 217 g/mol. The van der Waals surface area contributed by atoms with Crippen LogP contribution in [0, 0.1) is 0 Å². The van der Waals surface area contributed by atoms with Gasteiger partial charge in [-0.25, -0.2) is 0 Å². The molecule has 0 aromatic heterocycles. The van der Waals surface area contributed by atoms with Crippen LogP contribution in [-0.4, -0.2) is 55.0 Å². The third-order valence-electron chi connectivity index (χ3n) is 2.53. The number of carbonyl (C=O) groups is 1. The lowest BCUT2D eigenvalue weighted by Crippen LogP contribution is -2.47. The molecule has 0 aliphatic carbocycles. The highest BCUT2D eigenvalue weighted by Crippen LogP contribution is 2.13. The van der Waals surface area contributed by atoms with E-state index < -0.39 is 0 Å². The van der Waals surface area contributed by atoms with E-state index in [-0.39, 0.29) is 11.9 Å². The van der Waals surface area contributed by atoms with Gasteiger partial charge in [-0.15, -0.1) is 0 Å². The van der Waals surface area contributed by atoms with Gasteiger partial charge in [0.1, 0.15) is 0 Å². The van der Waals surface area contributed by atoms with Crippen LogP contribution in [-0.2, 0) is 4.79 Å². The predicted molar refractivity (Wildman–Crippen MR) is 60.4 cm³/mol. The summed E-state index contributed by atoms with van der Waals surface area (Å²) >= 11 is 1.97. The number of amides is 1. The van der Waals surface area contributed by atoms with E-state index in [9.17, 15) is 4.79 Å². The van der Waals surface area contributed by atoms with Gasteiger partial charge in [-0.2, -0.15) is 11.8 Å². The fraction of sp³-hybridized carbons (Fsp3) is 0.889. The maximum Gasteiger partial charge on any atom is 0.221 e. The molecule has 5 heteroatoms. The van der Waals surface area contributed by atoms with Gasteiger partial charge in [0.2, 0.25) is 5.91 Å². The second-order valence-corrected chi connectivity index (χ2v) is 4.64. The molecule has 3 N–H and O–H groups in total. The highest BCUT2D eigenvalue weighted by atomic mass is 32.2. The second kappa shape index (κ2) is 6.27. The fourth-order valence-corrected chi connectivity index (χ4v) is 2.55. The summed E-state index contributed by atoms with van der Waals surface area (Å²) in [6, 6.07) is 0.218. The Morgan fingerprint density at radius 3 is 2.71 bits per heavy atom. The van der Waals surface area contributed by atoms with E-state index in [0.29, 0.717) is 13.0 Å². The standard InChI is InChI=1S/C9H19N3OS/c1-11-9(13)6-8(7-10)12-2-4-14-5-3-12/h8H,2-7,10H2,1H3,(H,11,13). The van der Waals surface area contributed by atoms with E-state index >= 15 is 0 Å². The molecule has 1 saturated heterocycles. The van der Waals surface area contributed by atoms with Crippen molar-refractivity contribution in [2.75, 3.05) is 38.2 Å². The largest absolute Gasteiger partial charge is 0.359 e. The molecule has 0 radical (unpaired) electrons. The lowest BCUT2D eigenvalue weighted by atomic mass is 10.1. The zero-order valence-corrected chi connectivity index (χ0v) is 9.48. The van der Waals surface area contributed by atoms with Crippen LogP contribution in [0.5, 0.6) is 0 Å². The van der Waals surface area contributed by atoms with Crippen molar-refractivity contribution < 1.29 is 4.79 Å². The van der Waals surface area contributed by atoms with Crippen LogP contribution in [0.25, 0.3) is 0 Å². The van der Waals surface area contributed by atoms with Crippen LogP contribution in [0.4, 0.5) is 0 Å². The molecule has 1 rings (SSSR count). The summed E-state index contributed by atoms with van der Waals surface area (Å²) in [6.07, 6.45) is 0.525. The third kappa shape index (κ3) is 3.48. The van der Waals surface area contributed by atoms with Crippen molar-refractivity contribution in [1.29, 1.82) is 0 Å². The zero-order valence-electron chi connectivity index (χ0n) is 8.66. The minimum atomic E-state index is 0.0821. The average Bonchev–Trinajstić information content (AvgIpc) is 2.26. The van der Waals surface area contributed by atoms with E-state index in [0.717, 1.165) is 24.6 Å². The molecule has 4 nitrogen and oxygen atoms in total. The molecule has 0 spiro atoms. The molecule has 1 heterocycles. The monoisotopic (exact) mass is 217 g/mol. The molecular weight excluding hydrogens is 198 g/mol. The summed E-state index contributed by atoms with van der Waals surface area (Å²) in [5.74, 6) is 2.40. The van der Waals surface area contributed by atoms with Crippen LogP contribution >= 0.6 is 11.8 Å². The number of nitrogens with zero attached hydrogens (tertiary/aromatic N) is 1. The molecule has 1 unspecified atom stereocenters. The molecule has 1 amide bonds. The Bertz CT molecular complexity index is 183. The molecule has 0 aromatic carbocycles. The van der Waals surface area contributed by atoms with Crippen LogP contribution in [0.15, 0.2) is 0 Å². The highest BCUT2D eigenvalue weighted by Gasteiger charge is 2.21. The SMILES string of the molecule is CNC(=O)CC(CN)N1CCSCC1. The lowest BCUT2D eigenvalue weighted by molar-refractivity contribution is -0.121. The van der Waals surface area contributed by atoms with Gasteiger partial charge >= 0.3 is 0 Å². The van der Waals surface area contributed by atoms with Gasteiger partial charge in [0, 0.05) is 50.7 Å². The number of hydrogen-bond acceptors (Lipinski definition) is 4. The lowest BCUT2D eigenvalue weighted by Gasteiger charge is -2.33. The maximum absolute atomic E-state index is 11.2. The summed E-state index contributed by atoms with van der Waals surface area (Å²) in [6.45, 7) is 2.69. The fourth-order valence-electron chi connectivity index (χ4n) is 1.62. The Balaban J connectivity index is 2.39. The van der Waals surface area contributed by atoms with E-state index in [2.05, 4.69) is 10.2 Å². The van der Waals surface area contributed by atoms with Gasteiger partial charge in [-0.3, -0.25) is 9.69 Å². The molecule has 0 aromatic rings. The summed E-state index contributed by atoms with van der Waals surface area (Å²) in [5, 5.41) is 2.64. The molecule has 82 valence electrons. The van der Waals surface area contributed by atoms with Crippen molar-refractivity contribution in [1.82, 2.24) is 10.2 Å². The molecule has 0 bridgehead atoms. The first-order valence-electron chi connectivity index (χ1n) is 5.00. The maximum atomic E-state index is 11.2. The van der Waals surface area contributed by atoms with Crippen molar-refractivity contribution in [3.8, 4) is 0 Å². The van der Waals surface area contributed by atoms with Crippen molar-refractivity contribution >= 4 is 17.7 Å². The summed E-state index contributed by atoms with van der Waals surface area (Å²) in [7, 11) is 1.67. The van der Waals surface area contributed by atoms with Gasteiger partial charge in [0.05, 0.1) is 0 Å².